The molecule has 44 heavy (non-hydrogen) atoms. The monoisotopic (exact) mass is 591 g/mol. The van der Waals surface area contributed by atoms with E-state index in [1.54, 1.807) is 0 Å². The lowest BCUT2D eigenvalue weighted by molar-refractivity contribution is 0.336. The fraction of sp³-hybridized carbons (Fsp3) is 0.538. The Hall–Kier alpha value is -3.34. The van der Waals surface area contributed by atoms with Crippen LogP contribution in [0.25, 0.3) is 33.1 Å². The van der Waals surface area contributed by atoms with Gasteiger partial charge in [0.1, 0.15) is 11.5 Å². The van der Waals surface area contributed by atoms with Crippen LogP contribution < -0.4 is 10.2 Å². The highest BCUT2D eigenvalue weighted by Crippen LogP contribution is 2.39. The number of hydrogen-bond acceptors (Lipinski definition) is 4. The minimum absolute atomic E-state index is 0.366. The zero-order valence-corrected chi connectivity index (χ0v) is 27.6. The van der Waals surface area contributed by atoms with Crippen molar-refractivity contribution in [3.63, 3.8) is 0 Å². The molecule has 234 valence electrons. The van der Waals surface area contributed by atoms with E-state index in [9.17, 15) is 0 Å². The third kappa shape index (κ3) is 6.25. The predicted octanol–water partition coefficient (Wildman–Crippen LogP) is 10.2. The standard InChI is InChI=1S/C39H53N5/c1-6-14-28(5)40-36-26-43(23-22-27(36)4)39-33-19-13-12-16-31(33)25-35(41-39)38-34-24-30(29(8-3)15-7-2)20-21-37(34)44(42-38)32-17-10-9-11-18-32/h12-13,16,19-21,24-25,27,29,32,36,40H,5-11,14-15,17-18,22-23,26H2,1-4H3/t27-,29?,36+/m0/s1. The minimum atomic E-state index is 0.366. The molecule has 0 amide bonds. The number of pyridine rings is 1. The average molecular weight is 592 g/mol. The summed E-state index contributed by atoms with van der Waals surface area (Å²) in [4.78, 5) is 8.03. The Morgan fingerprint density at radius 1 is 0.977 bits per heavy atom. The molecule has 0 radical (unpaired) electrons. The molecular weight excluding hydrogens is 538 g/mol. The van der Waals surface area contributed by atoms with E-state index >= 15 is 0 Å². The molecule has 2 aromatic carbocycles. The first kappa shape index (κ1) is 30.7. The second kappa shape index (κ2) is 13.7. The summed E-state index contributed by atoms with van der Waals surface area (Å²) in [6.45, 7) is 15.5. The zero-order chi connectivity index (χ0) is 30.6. The molecule has 4 aromatic rings. The van der Waals surface area contributed by atoms with Crippen molar-refractivity contribution < 1.29 is 0 Å². The molecule has 2 aliphatic rings. The number of piperidine rings is 1. The van der Waals surface area contributed by atoms with E-state index in [2.05, 4.69) is 97.7 Å². The molecule has 3 heterocycles. The van der Waals surface area contributed by atoms with Gasteiger partial charge in [-0.05, 0) is 79.5 Å². The molecule has 5 heteroatoms. The number of nitrogens with zero attached hydrogens (tertiary/aromatic N) is 4. The van der Waals surface area contributed by atoms with Crippen molar-refractivity contribution in [1.82, 2.24) is 20.1 Å². The molecule has 2 aromatic heterocycles. The predicted molar refractivity (Wildman–Crippen MR) is 187 cm³/mol. The molecule has 1 aliphatic carbocycles. The van der Waals surface area contributed by atoms with E-state index < -0.39 is 0 Å². The van der Waals surface area contributed by atoms with Crippen LogP contribution in [0.1, 0.15) is 116 Å². The van der Waals surface area contributed by atoms with Gasteiger partial charge in [-0.1, -0.05) is 96.7 Å². The Morgan fingerprint density at radius 3 is 2.57 bits per heavy atom. The van der Waals surface area contributed by atoms with Gasteiger partial charge >= 0.3 is 0 Å². The Labute approximate surface area is 265 Å². The van der Waals surface area contributed by atoms with Crippen LogP contribution >= 0.6 is 0 Å². The number of benzene rings is 2. The van der Waals surface area contributed by atoms with E-state index in [0.29, 0.717) is 23.9 Å². The smallest absolute Gasteiger partial charge is 0.137 e. The van der Waals surface area contributed by atoms with Crippen LogP contribution in [0.5, 0.6) is 0 Å². The lowest BCUT2D eigenvalue weighted by atomic mass is 9.90. The maximum absolute atomic E-state index is 5.51. The highest BCUT2D eigenvalue weighted by Gasteiger charge is 2.29. The van der Waals surface area contributed by atoms with Gasteiger partial charge in [-0.3, -0.25) is 4.68 Å². The van der Waals surface area contributed by atoms with Crippen molar-refractivity contribution in [3.05, 3.63) is 66.4 Å². The van der Waals surface area contributed by atoms with Crippen LogP contribution in [0.15, 0.2) is 60.8 Å². The fourth-order valence-corrected chi connectivity index (χ4v) is 7.79. The molecule has 1 aliphatic heterocycles. The fourth-order valence-electron chi connectivity index (χ4n) is 7.79. The molecule has 6 rings (SSSR count). The first-order valence-electron chi connectivity index (χ1n) is 17.6. The second-order valence-corrected chi connectivity index (χ2v) is 13.6. The maximum atomic E-state index is 5.51. The second-order valence-electron chi connectivity index (χ2n) is 13.6. The van der Waals surface area contributed by atoms with E-state index in [1.807, 2.05) is 0 Å². The summed E-state index contributed by atoms with van der Waals surface area (Å²) in [5, 5.41) is 13.0. The number of nitrogens with one attached hydrogen (secondary N) is 1. The van der Waals surface area contributed by atoms with Crippen molar-refractivity contribution in [2.24, 2.45) is 5.92 Å². The first-order chi connectivity index (χ1) is 21.5. The number of rotatable bonds is 11. The van der Waals surface area contributed by atoms with Gasteiger partial charge in [-0.2, -0.15) is 5.10 Å². The molecule has 5 nitrogen and oxygen atoms in total. The summed E-state index contributed by atoms with van der Waals surface area (Å²) >= 11 is 0. The average Bonchev–Trinajstić information content (AvgIpc) is 3.43. The van der Waals surface area contributed by atoms with Crippen LogP contribution in [-0.4, -0.2) is 33.9 Å². The van der Waals surface area contributed by atoms with Crippen molar-refractivity contribution in [3.8, 4) is 11.4 Å². The Kier molecular flexibility index (Phi) is 9.59. The molecule has 0 bridgehead atoms. The Balaban J connectivity index is 1.46. The summed E-state index contributed by atoms with van der Waals surface area (Å²) in [6.07, 6.45) is 13.2. The van der Waals surface area contributed by atoms with Gasteiger partial charge in [0.25, 0.3) is 0 Å². The van der Waals surface area contributed by atoms with Crippen molar-refractivity contribution >= 4 is 27.5 Å². The minimum Gasteiger partial charge on any atom is -0.384 e. The highest BCUT2D eigenvalue weighted by atomic mass is 15.3. The molecule has 2 fully saturated rings. The van der Waals surface area contributed by atoms with Crippen molar-refractivity contribution in [2.45, 2.75) is 116 Å². The van der Waals surface area contributed by atoms with Gasteiger partial charge < -0.3 is 10.2 Å². The first-order valence-corrected chi connectivity index (χ1v) is 17.6. The molecule has 1 saturated heterocycles. The van der Waals surface area contributed by atoms with Gasteiger partial charge in [0.2, 0.25) is 0 Å². The number of fused-ring (bicyclic) bond motifs is 2. The summed E-state index contributed by atoms with van der Waals surface area (Å²) < 4.78 is 2.37. The molecular formula is C39H53N5. The largest absolute Gasteiger partial charge is 0.384 e. The zero-order valence-electron chi connectivity index (χ0n) is 27.6. The van der Waals surface area contributed by atoms with E-state index in [0.717, 1.165) is 61.7 Å². The van der Waals surface area contributed by atoms with Crippen LogP contribution in [-0.2, 0) is 0 Å². The van der Waals surface area contributed by atoms with Crippen LogP contribution in [0, 0.1) is 5.92 Å². The number of hydrogen-bond donors (Lipinski definition) is 1. The van der Waals surface area contributed by atoms with E-state index in [-0.39, 0.29) is 0 Å². The summed E-state index contributed by atoms with van der Waals surface area (Å²) in [5.41, 5.74) is 5.91. The lowest BCUT2D eigenvalue weighted by Crippen LogP contribution is -2.50. The Morgan fingerprint density at radius 2 is 1.80 bits per heavy atom. The van der Waals surface area contributed by atoms with Gasteiger partial charge in [-0.25, -0.2) is 4.98 Å². The Bertz CT molecular complexity index is 1580. The molecule has 1 unspecified atom stereocenters. The van der Waals surface area contributed by atoms with Crippen LogP contribution in [0.2, 0.25) is 0 Å². The van der Waals surface area contributed by atoms with Gasteiger partial charge in [0.05, 0.1) is 17.3 Å². The molecule has 3 atom stereocenters. The molecule has 0 spiro atoms. The van der Waals surface area contributed by atoms with E-state index in [1.165, 1.54) is 72.2 Å². The van der Waals surface area contributed by atoms with Crippen molar-refractivity contribution in [1.29, 1.82) is 0 Å². The van der Waals surface area contributed by atoms with Gasteiger partial charge in [0.15, 0.2) is 0 Å². The SMILES string of the molecule is C=C(CCC)N[C@@H]1CN(c2nc(-c3nn(C4CCCCC4)c4ccc(C(CC)CCC)cc34)cc3ccccc23)CC[C@@H]1C. The maximum Gasteiger partial charge on any atom is 0.137 e. The lowest BCUT2D eigenvalue weighted by Gasteiger charge is -2.39. The van der Waals surface area contributed by atoms with E-state index in [4.69, 9.17) is 10.1 Å². The topological polar surface area (TPSA) is 46.0 Å². The molecule has 1 N–H and O–H groups in total. The van der Waals surface area contributed by atoms with Crippen LogP contribution in [0.4, 0.5) is 5.82 Å². The van der Waals surface area contributed by atoms with Crippen molar-refractivity contribution in [2.75, 3.05) is 18.0 Å². The summed E-state index contributed by atoms with van der Waals surface area (Å²) in [6, 6.07) is 19.1. The highest BCUT2D eigenvalue weighted by molar-refractivity contribution is 5.99. The summed E-state index contributed by atoms with van der Waals surface area (Å²) in [5.74, 6) is 2.27. The number of aromatic nitrogens is 3. The van der Waals surface area contributed by atoms with Gasteiger partial charge in [-0.15, -0.1) is 0 Å². The third-order valence-electron chi connectivity index (χ3n) is 10.4. The van der Waals surface area contributed by atoms with Gasteiger partial charge in [0, 0.05) is 35.6 Å². The third-order valence-corrected chi connectivity index (χ3v) is 10.4. The summed E-state index contributed by atoms with van der Waals surface area (Å²) in [7, 11) is 0. The molecule has 1 saturated carbocycles. The van der Waals surface area contributed by atoms with Crippen LogP contribution in [0.3, 0.4) is 0 Å². The normalized spacial score (nSPS) is 20.3. The number of anilines is 1. The quantitative estimate of drug-likeness (QED) is 0.188. The number of allylic oxidation sites excluding steroid dienone is 1.